The maximum absolute atomic E-state index is 12.5. The number of amides is 1. The first-order chi connectivity index (χ1) is 13.5. The molecule has 1 amide bonds. The molecule has 0 unspecified atom stereocenters. The van der Waals surface area contributed by atoms with E-state index in [0.29, 0.717) is 17.0 Å². The summed E-state index contributed by atoms with van der Waals surface area (Å²) in [6, 6.07) is 17.9. The summed E-state index contributed by atoms with van der Waals surface area (Å²) in [4.78, 5) is 12.5. The molecular formula is C22H25N3O2S. The fourth-order valence-corrected chi connectivity index (χ4v) is 3.56. The van der Waals surface area contributed by atoms with E-state index >= 15 is 0 Å². The molecule has 0 spiro atoms. The molecule has 0 bridgehead atoms. The van der Waals surface area contributed by atoms with Gasteiger partial charge < -0.3 is 9.73 Å². The van der Waals surface area contributed by atoms with Crippen LogP contribution in [0.4, 0.5) is 0 Å². The molecule has 146 valence electrons. The summed E-state index contributed by atoms with van der Waals surface area (Å²) in [6.45, 7) is 6.31. The number of aryl methyl sites for hydroxylation is 1. The summed E-state index contributed by atoms with van der Waals surface area (Å²) in [7, 11) is 0. The third-order valence-corrected chi connectivity index (χ3v) is 5.17. The van der Waals surface area contributed by atoms with Gasteiger partial charge in [-0.15, -0.1) is 10.2 Å². The molecule has 1 heterocycles. The van der Waals surface area contributed by atoms with Crippen LogP contribution in [-0.2, 0) is 4.79 Å². The van der Waals surface area contributed by atoms with Crippen molar-refractivity contribution >= 4 is 17.7 Å². The Balaban J connectivity index is 1.60. The lowest BCUT2D eigenvalue weighted by molar-refractivity contribution is -0.119. The Kier molecular flexibility index (Phi) is 6.87. The summed E-state index contributed by atoms with van der Waals surface area (Å²) >= 11 is 1.25. The zero-order chi connectivity index (χ0) is 19.9. The van der Waals surface area contributed by atoms with Gasteiger partial charge in [0.05, 0.1) is 11.8 Å². The predicted octanol–water partition coefficient (Wildman–Crippen LogP) is 5.04. The molecule has 0 aliphatic carbocycles. The lowest BCUT2D eigenvalue weighted by Gasteiger charge is -2.21. The van der Waals surface area contributed by atoms with E-state index in [9.17, 15) is 4.79 Å². The number of aromatic nitrogens is 2. The standard InChI is InChI=1S/C22H25N3O2S/c1-15(2)13-19(17-10-5-4-6-11-17)23-20(26)14-28-22-25-24-21(27-22)18-12-8-7-9-16(18)3/h4-12,15,19H,13-14H2,1-3H3,(H,23,26)/t19-/m0/s1. The molecule has 1 N–H and O–H groups in total. The highest BCUT2D eigenvalue weighted by molar-refractivity contribution is 7.99. The van der Waals surface area contributed by atoms with E-state index in [1.54, 1.807) is 0 Å². The van der Waals surface area contributed by atoms with Gasteiger partial charge in [-0.2, -0.15) is 0 Å². The molecule has 0 fully saturated rings. The molecule has 0 radical (unpaired) electrons. The number of benzene rings is 2. The maximum atomic E-state index is 12.5. The Labute approximate surface area is 170 Å². The topological polar surface area (TPSA) is 68.0 Å². The number of nitrogens with zero attached hydrogens (tertiary/aromatic N) is 2. The number of carbonyl (C=O) groups is 1. The lowest BCUT2D eigenvalue weighted by atomic mass is 9.97. The highest BCUT2D eigenvalue weighted by Gasteiger charge is 2.17. The molecular weight excluding hydrogens is 370 g/mol. The Morgan fingerprint density at radius 1 is 1.07 bits per heavy atom. The summed E-state index contributed by atoms with van der Waals surface area (Å²) in [6.07, 6.45) is 0.887. The first-order valence-electron chi connectivity index (χ1n) is 9.39. The average molecular weight is 396 g/mol. The minimum atomic E-state index is -0.0462. The third-order valence-electron chi connectivity index (χ3n) is 4.35. The first-order valence-corrected chi connectivity index (χ1v) is 10.4. The van der Waals surface area contributed by atoms with Gasteiger partial charge >= 0.3 is 0 Å². The Bertz CT molecular complexity index is 909. The number of rotatable bonds is 8. The van der Waals surface area contributed by atoms with Gasteiger partial charge in [0, 0.05) is 5.56 Å². The second-order valence-corrected chi connectivity index (χ2v) is 8.06. The highest BCUT2D eigenvalue weighted by Crippen LogP contribution is 2.26. The number of nitrogens with one attached hydrogen (secondary N) is 1. The molecule has 6 heteroatoms. The summed E-state index contributed by atoms with van der Waals surface area (Å²) in [5, 5.41) is 11.7. The van der Waals surface area contributed by atoms with Crippen LogP contribution in [-0.4, -0.2) is 21.9 Å². The monoisotopic (exact) mass is 395 g/mol. The zero-order valence-electron chi connectivity index (χ0n) is 16.4. The predicted molar refractivity (Wildman–Crippen MR) is 112 cm³/mol. The number of hydrogen-bond acceptors (Lipinski definition) is 5. The van der Waals surface area contributed by atoms with E-state index in [4.69, 9.17) is 4.42 Å². The van der Waals surface area contributed by atoms with Gasteiger partial charge in [-0.1, -0.05) is 74.1 Å². The van der Waals surface area contributed by atoms with Gasteiger partial charge in [-0.25, -0.2) is 0 Å². The van der Waals surface area contributed by atoms with Crippen LogP contribution < -0.4 is 5.32 Å². The van der Waals surface area contributed by atoms with Crippen LogP contribution in [0.1, 0.15) is 37.4 Å². The lowest BCUT2D eigenvalue weighted by Crippen LogP contribution is -2.30. The molecule has 28 heavy (non-hydrogen) atoms. The minimum absolute atomic E-state index is 0.000450. The second kappa shape index (κ2) is 9.55. The van der Waals surface area contributed by atoms with Gasteiger partial charge in [0.25, 0.3) is 5.22 Å². The molecule has 1 aromatic heterocycles. The van der Waals surface area contributed by atoms with Gasteiger partial charge in [0.15, 0.2) is 0 Å². The zero-order valence-corrected chi connectivity index (χ0v) is 17.2. The number of carbonyl (C=O) groups excluding carboxylic acids is 1. The van der Waals surface area contributed by atoms with Crippen molar-refractivity contribution in [1.82, 2.24) is 15.5 Å². The second-order valence-electron chi connectivity index (χ2n) is 7.14. The first kappa shape index (κ1) is 20.1. The average Bonchev–Trinajstić information content (AvgIpc) is 3.15. The van der Waals surface area contributed by atoms with Crippen molar-refractivity contribution < 1.29 is 9.21 Å². The number of thioether (sulfide) groups is 1. The quantitative estimate of drug-likeness (QED) is 0.541. The smallest absolute Gasteiger partial charge is 0.277 e. The molecule has 2 aromatic carbocycles. The summed E-state index contributed by atoms with van der Waals surface area (Å²) in [5.41, 5.74) is 3.10. The number of hydrogen-bond donors (Lipinski definition) is 1. The van der Waals surface area contributed by atoms with Gasteiger partial charge in [0.1, 0.15) is 0 Å². The van der Waals surface area contributed by atoms with E-state index in [1.165, 1.54) is 11.8 Å². The molecule has 0 aliphatic heterocycles. The van der Waals surface area contributed by atoms with Crippen molar-refractivity contribution in [2.45, 2.75) is 38.5 Å². The molecule has 0 saturated carbocycles. The van der Waals surface area contributed by atoms with Crippen molar-refractivity contribution in [3.63, 3.8) is 0 Å². The van der Waals surface area contributed by atoms with Crippen LogP contribution in [0.3, 0.4) is 0 Å². The van der Waals surface area contributed by atoms with Gasteiger partial charge in [-0.05, 0) is 36.5 Å². The van der Waals surface area contributed by atoms with E-state index < -0.39 is 0 Å². The Morgan fingerprint density at radius 2 is 1.79 bits per heavy atom. The van der Waals surface area contributed by atoms with E-state index in [2.05, 4.69) is 29.4 Å². The van der Waals surface area contributed by atoms with Crippen LogP contribution >= 0.6 is 11.8 Å². The summed E-state index contributed by atoms with van der Waals surface area (Å²) in [5.74, 6) is 1.14. The van der Waals surface area contributed by atoms with Gasteiger partial charge in [-0.3, -0.25) is 4.79 Å². The van der Waals surface area contributed by atoms with Crippen LogP contribution in [0.15, 0.2) is 64.2 Å². The van der Waals surface area contributed by atoms with E-state index in [-0.39, 0.29) is 17.7 Å². The Morgan fingerprint density at radius 3 is 2.50 bits per heavy atom. The SMILES string of the molecule is Cc1ccccc1-c1nnc(SCC(=O)N[C@@H](CC(C)C)c2ccccc2)o1. The molecule has 0 saturated heterocycles. The van der Waals surface area contributed by atoms with Crippen LogP contribution in [0.2, 0.25) is 0 Å². The van der Waals surface area contributed by atoms with Crippen LogP contribution in [0.5, 0.6) is 0 Å². The molecule has 3 aromatic rings. The normalized spacial score (nSPS) is 12.1. The Hall–Kier alpha value is -2.60. The van der Waals surface area contributed by atoms with Crippen molar-refractivity contribution in [3.8, 4) is 11.5 Å². The van der Waals surface area contributed by atoms with Crippen molar-refractivity contribution in [3.05, 3.63) is 65.7 Å². The van der Waals surface area contributed by atoms with Crippen LogP contribution in [0.25, 0.3) is 11.5 Å². The van der Waals surface area contributed by atoms with Gasteiger partial charge in [0.2, 0.25) is 11.8 Å². The van der Waals surface area contributed by atoms with Crippen molar-refractivity contribution in [1.29, 1.82) is 0 Å². The third kappa shape index (κ3) is 5.45. The molecule has 1 atom stereocenters. The molecule has 3 rings (SSSR count). The molecule has 5 nitrogen and oxygen atoms in total. The van der Waals surface area contributed by atoms with Crippen LogP contribution in [0, 0.1) is 12.8 Å². The molecule has 0 aliphatic rings. The largest absolute Gasteiger partial charge is 0.411 e. The fourth-order valence-electron chi connectivity index (χ4n) is 2.99. The summed E-state index contributed by atoms with van der Waals surface area (Å²) < 4.78 is 5.72. The van der Waals surface area contributed by atoms with E-state index in [0.717, 1.165) is 23.1 Å². The van der Waals surface area contributed by atoms with Crippen molar-refractivity contribution in [2.75, 3.05) is 5.75 Å². The van der Waals surface area contributed by atoms with E-state index in [1.807, 2.05) is 61.5 Å². The minimum Gasteiger partial charge on any atom is -0.411 e. The van der Waals surface area contributed by atoms with Crippen molar-refractivity contribution in [2.24, 2.45) is 5.92 Å². The highest BCUT2D eigenvalue weighted by atomic mass is 32.2. The maximum Gasteiger partial charge on any atom is 0.277 e. The fraction of sp³-hybridized carbons (Fsp3) is 0.318.